The zero-order valence-corrected chi connectivity index (χ0v) is 28.6. The number of fused-ring (bicyclic) bond motifs is 1. The molecule has 0 unspecified atom stereocenters. The molecular weight excluding hydrogens is 689 g/mol. The minimum atomic E-state index is -0.785. The van der Waals surface area contributed by atoms with Gasteiger partial charge in [-0.05, 0) is 73.0 Å². The number of nitrogens with one attached hydrogen (secondary N) is 2. The van der Waals surface area contributed by atoms with Gasteiger partial charge in [-0.15, -0.1) is 0 Å². The minimum Gasteiger partial charge on any atom is -0.497 e. The van der Waals surface area contributed by atoms with E-state index in [4.69, 9.17) is 14.6 Å². The van der Waals surface area contributed by atoms with Crippen molar-refractivity contribution in [2.75, 3.05) is 44.1 Å². The number of pyridine rings is 1. The van der Waals surface area contributed by atoms with Gasteiger partial charge < -0.3 is 25.0 Å². The first-order valence-electron chi connectivity index (χ1n) is 17.0. The van der Waals surface area contributed by atoms with Crippen LogP contribution in [0.25, 0.3) is 16.7 Å². The molecule has 12 nitrogen and oxygen atoms in total. The van der Waals surface area contributed by atoms with E-state index in [9.17, 15) is 18.4 Å². The van der Waals surface area contributed by atoms with E-state index < -0.39 is 23.1 Å². The molecule has 1 aliphatic heterocycles. The fourth-order valence-corrected chi connectivity index (χ4v) is 6.21. The summed E-state index contributed by atoms with van der Waals surface area (Å²) in [5.41, 5.74) is 0.846. The number of halogens is 3. The van der Waals surface area contributed by atoms with Crippen LogP contribution in [0.5, 0.6) is 17.2 Å². The zero-order valence-electron chi connectivity index (χ0n) is 28.6. The van der Waals surface area contributed by atoms with Crippen molar-refractivity contribution >= 4 is 28.4 Å². The van der Waals surface area contributed by atoms with E-state index in [0.717, 1.165) is 48.0 Å². The number of alkyl halides is 1. The first kappa shape index (κ1) is 35.2. The topological polar surface area (TPSA) is 128 Å². The van der Waals surface area contributed by atoms with Crippen molar-refractivity contribution in [2.45, 2.75) is 25.4 Å². The predicted molar refractivity (Wildman–Crippen MR) is 193 cm³/mol. The van der Waals surface area contributed by atoms with Crippen LogP contribution in [-0.4, -0.2) is 74.8 Å². The maximum absolute atomic E-state index is 15.6. The Bertz CT molecular complexity index is 2290. The van der Waals surface area contributed by atoms with Crippen LogP contribution in [0.1, 0.15) is 28.8 Å². The van der Waals surface area contributed by atoms with Crippen LogP contribution in [-0.2, 0) is 6.54 Å². The monoisotopic (exact) mass is 724 g/mol. The van der Waals surface area contributed by atoms with Gasteiger partial charge in [0.1, 0.15) is 34.9 Å². The van der Waals surface area contributed by atoms with Crippen molar-refractivity contribution in [2.24, 2.45) is 0 Å². The Balaban J connectivity index is 1.14. The third-order valence-electron chi connectivity index (χ3n) is 8.99. The molecule has 0 atom stereocenters. The summed E-state index contributed by atoms with van der Waals surface area (Å²) in [7, 11) is 1.60. The molecule has 3 aromatic heterocycles. The quantitative estimate of drug-likeness (QED) is 0.152. The lowest BCUT2D eigenvalue weighted by Gasteiger charge is -2.31. The molecule has 3 aromatic carbocycles. The van der Waals surface area contributed by atoms with E-state index in [0.29, 0.717) is 35.7 Å². The van der Waals surface area contributed by atoms with Crippen LogP contribution in [0, 0.1) is 11.6 Å². The molecule has 7 rings (SSSR count). The summed E-state index contributed by atoms with van der Waals surface area (Å²) in [5, 5.41) is 15.5. The van der Waals surface area contributed by atoms with Gasteiger partial charge in [0, 0.05) is 55.9 Å². The number of methoxy groups -OCH3 is 1. The molecule has 0 saturated carbocycles. The molecule has 1 fully saturated rings. The van der Waals surface area contributed by atoms with Crippen molar-refractivity contribution in [1.29, 1.82) is 0 Å². The summed E-state index contributed by atoms with van der Waals surface area (Å²) >= 11 is 0. The molecule has 6 aromatic rings. The van der Waals surface area contributed by atoms with Crippen molar-refractivity contribution in [1.82, 2.24) is 29.4 Å². The highest BCUT2D eigenvalue weighted by atomic mass is 19.1. The van der Waals surface area contributed by atoms with E-state index >= 15 is 4.39 Å². The summed E-state index contributed by atoms with van der Waals surface area (Å²) in [6.07, 6.45) is 4.39. The number of piperidine rings is 1. The second kappa shape index (κ2) is 15.6. The molecule has 0 spiro atoms. The molecule has 2 N–H and O–H groups in total. The summed E-state index contributed by atoms with van der Waals surface area (Å²) in [4.78, 5) is 32.9. The third kappa shape index (κ3) is 7.84. The number of carbonyl (C=O) groups is 1. The first-order chi connectivity index (χ1) is 25.8. The lowest BCUT2D eigenvalue weighted by atomic mass is 10.0. The predicted octanol–water partition coefficient (Wildman–Crippen LogP) is 6.20. The van der Waals surface area contributed by atoms with Crippen molar-refractivity contribution in [3.63, 3.8) is 0 Å². The average Bonchev–Trinajstić information content (AvgIpc) is 3.51. The molecule has 4 heterocycles. The molecule has 1 amide bonds. The lowest BCUT2D eigenvalue weighted by molar-refractivity contribution is 0.102. The number of likely N-dealkylation sites (tertiary alicyclic amines) is 1. The van der Waals surface area contributed by atoms with E-state index in [1.54, 1.807) is 24.1 Å². The summed E-state index contributed by atoms with van der Waals surface area (Å²) in [5.74, 6) is -0.607. The molecule has 0 bridgehead atoms. The lowest BCUT2D eigenvalue weighted by Crippen LogP contribution is -2.40. The number of aromatic nitrogens is 5. The maximum Gasteiger partial charge on any atom is 0.284 e. The van der Waals surface area contributed by atoms with Crippen molar-refractivity contribution in [3.8, 4) is 22.9 Å². The Labute approximate surface area is 301 Å². The van der Waals surface area contributed by atoms with Crippen molar-refractivity contribution in [3.05, 3.63) is 124 Å². The molecule has 1 aliphatic rings. The first-order valence-corrected chi connectivity index (χ1v) is 17.0. The van der Waals surface area contributed by atoms with Crippen LogP contribution in [0.2, 0.25) is 0 Å². The number of hydrogen-bond donors (Lipinski definition) is 2. The van der Waals surface area contributed by atoms with E-state index in [1.165, 1.54) is 48.7 Å². The SMILES string of the molecule is COc1ccc(Cn2nc(NC3CCN(CCF)CC3)c3c(Oc4ccc(NC(=O)c5ccnn(-c6ccc(F)cc6)c5=O)cc4F)ccnc32)cc1. The standard InChI is InChI=1S/C38H35F3N8O4/c1-52-29-9-2-24(3-10-29)23-48-36-34(35(46-48)44-26-14-19-47(20-15-26)21-16-39)33(13-17-42-36)53-32-11-6-27(22-31(32)41)45-37(50)30-12-18-43-49(38(30)51)28-7-4-25(40)5-8-28/h2-13,17-18,22,26H,14-16,19-21,23H2,1H3,(H,44,46)(H,45,50). The highest BCUT2D eigenvalue weighted by Crippen LogP contribution is 2.36. The molecular formula is C38H35F3N8O4. The number of ether oxygens (including phenoxy) is 2. The van der Waals surface area contributed by atoms with Crippen LogP contribution < -0.4 is 25.7 Å². The van der Waals surface area contributed by atoms with Crippen LogP contribution in [0.4, 0.5) is 24.7 Å². The molecule has 272 valence electrons. The Kier molecular flexibility index (Phi) is 10.3. The summed E-state index contributed by atoms with van der Waals surface area (Å²) in [6, 6.07) is 19.5. The highest BCUT2D eigenvalue weighted by molar-refractivity contribution is 6.04. The Morgan fingerprint density at radius 2 is 1.72 bits per heavy atom. The molecule has 53 heavy (non-hydrogen) atoms. The number of nitrogens with zero attached hydrogens (tertiary/aromatic N) is 6. The number of anilines is 2. The van der Waals surface area contributed by atoms with Gasteiger partial charge >= 0.3 is 0 Å². The largest absolute Gasteiger partial charge is 0.497 e. The van der Waals surface area contributed by atoms with Gasteiger partial charge in [-0.1, -0.05) is 12.1 Å². The average molecular weight is 725 g/mol. The van der Waals surface area contributed by atoms with Gasteiger partial charge in [0.05, 0.1) is 19.3 Å². The van der Waals surface area contributed by atoms with E-state index in [-0.39, 0.29) is 35.4 Å². The summed E-state index contributed by atoms with van der Waals surface area (Å²) < 4.78 is 56.2. The van der Waals surface area contributed by atoms with E-state index in [1.807, 2.05) is 24.3 Å². The second-order valence-corrected chi connectivity index (χ2v) is 12.5. The minimum absolute atomic E-state index is 0.0614. The maximum atomic E-state index is 15.6. The number of benzene rings is 3. The number of rotatable bonds is 12. The Hall–Kier alpha value is -6.22. The number of amides is 1. The van der Waals surface area contributed by atoms with Gasteiger partial charge in [0.25, 0.3) is 11.5 Å². The molecule has 0 radical (unpaired) electrons. The van der Waals surface area contributed by atoms with Crippen LogP contribution in [0.3, 0.4) is 0 Å². The van der Waals surface area contributed by atoms with Gasteiger partial charge in [0.15, 0.2) is 23.0 Å². The smallest absolute Gasteiger partial charge is 0.284 e. The second-order valence-electron chi connectivity index (χ2n) is 12.5. The van der Waals surface area contributed by atoms with Crippen LogP contribution in [0.15, 0.2) is 96.1 Å². The van der Waals surface area contributed by atoms with Crippen molar-refractivity contribution < 1.29 is 27.4 Å². The Morgan fingerprint density at radius 1 is 0.943 bits per heavy atom. The van der Waals surface area contributed by atoms with Gasteiger partial charge in [-0.25, -0.2) is 22.8 Å². The highest BCUT2D eigenvalue weighted by Gasteiger charge is 2.24. The Morgan fingerprint density at radius 3 is 2.43 bits per heavy atom. The zero-order chi connectivity index (χ0) is 36.9. The van der Waals surface area contributed by atoms with Gasteiger partial charge in [-0.2, -0.15) is 14.9 Å². The fraction of sp³-hybridized carbons (Fsp3) is 0.237. The normalized spacial score (nSPS) is 13.6. The van der Waals surface area contributed by atoms with E-state index in [2.05, 4.69) is 25.6 Å². The summed E-state index contributed by atoms with van der Waals surface area (Å²) in [6.45, 7) is 1.89. The number of carbonyl (C=O) groups excluding carboxylic acids is 1. The molecule has 15 heteroatoms. The van der Waals surface area contributed by atoms with Gasteiger partial charge in [-0.3, -0.25) is 9.59 Å². The van der Waals surface area contributed by atoms with Crippen LogP contribution >= 0.6 is 0 Å². The number of hydrogen-bond acceptors (Lipinski definition) is 9. The third-order valence-corrected chi connectivity index (χ3v) is 8.99. The molecule has 1 saturated heterocycles. The van der Waals surface area contributed by atoms with Gasteiger partial charge in [0.2, 0.25) is 0 Å². The molecule has 0 aliphatic carbocycles. The fourth-order valence-electron chi connectivity index (χ4n) is 6.21.